The second-order valence-electron chi connectivity index (χ2n) is 10.8. The van der Waals surface area contributed by atoms with Gasteiger partial charge in [0.1, 0.15) is 5.75 Å². The number of rotatable bonds is 19. The molecule has 0 aliphatic heterocycles. The van der Waals surface area contributed by atoms with Crippen LogP contribution >= 0.6 is 0 Å². The van der Waals surface area contributed by atoms with E-state index >= 15 is 0 Å². The molecule has 0 saturated carbocycles. The zero-order valence-corrected chi connectivity index (χ0v) is 25.7. The molecule has 5 nitrogen and oxygen atoms in total. The molecular weight excluding hydrogens is 542 g/mol. The molecule has 42 heavy (non-hydrogen) atoms. The highest BCUT2D eigenvalue weighted by atomic mass is 32.2. The lowest BCUT2D eigenvalue weighted by molar-refractivity contribution is 0.116. The third kappa shape index (κ3) is 9.33. The first-order valence-corrected chi connectivity index (χ1v) is 16.8. The summed E-state index contributed by atoms with van der Waals surface area (Å²) in [5.41, 5.74) is 2.85. The van der Waals surface area contributed by atoms with Crippen LogP contribution in [-0.2, 0) is 21.4 Å². The van der Waals surface area contributed by atoms with E-state index in [4.69, 9.17) is 9.47 Å². The summed E-state index contributed by atoms with van der Waals surface area (Å²) in [6.07, 6.45) is 19.6. The van der Waals surface area contributed by atoms with E-state index in [1.165, 1.54) is 60.9 Å². The molecule has 4 rings (SSSR count). The van der Waals surface area contributed by atoms with Crippen LogP contribution in [0.1, 0.15) is 81.8 Å². The van der Waals surface area contributed by atoms with Crippen molar-refractivity contribution >= 4 is 27.0 Å². The Morgan fingerprint density at radius 1 is 0.714 bits per heavy atom. The van der Waals surface area contributed by atoms with E-state index in [2.05, 4.69) is 36.4 Å². The molecule has 0 N–H and O–H groups in total. The van der Waals surface area contributed by atoms with Crippen molar-refractivity contribution in [1.29, 1.82) is 0 Å². The van der Waals surface area contributed by atoms with Crippen LogP contribution < -0.4 is 4.74 Å². The predicted molar refractivity (Wildman–Crippen MR) is 173 cm³/mol. The summed E-state index contributed by atoms with van der Waals surface area (Å²) in [6.45, 7) is 1.57. The van der Waals surface area contributed by atoms with E-state index < -0.39 is 10.0 Å². The molecule has 224 valence electrons. The highest BCUT2D eigenvalue weighted by molar-refractivity contribution is 7.90. The Balaban J connectivity index is 1.10. The summed E-state index contributed by atoms with van der Waals surface area (Å²) in [5.74, 6) is 0.627. The Labute approximate surface area is 252 Å². The summed E-state index contributed by atoms with van der Waals surface area (Å²) in [6, 6.07) is 24.5. The van der Waals surface area contributed by atoms with Crippen molar-refractivity contribution in [2.24, 2.45) is 0 Å². The van der Waals surface area contributed by atoms with Crippen LogP contribution in [0.5, 0.6) is 5.75 Å². The smallest absolute Gasteiger partial charge is 0.268 e. The van der Waals surface area contributed by atoms with E-state index in [1.807, 2.05) is 30.3 Å². The zero-order chi connectivity index (χ0) is 29.5. The second kappa shape index (κ2) is 16.9. The maximum atomic E-state index is 13.4. The van der Waals surface area contributed by atoms with E-state index in [0.29, 0.717) is 11.3 Å². The van der Waals surface area contributed by atoms with Gasteiger partial charge in [-0.2, -0.15) is 0 Å². The molecule has 0 amide bonds. The monoisotopic (exact) mass is 587 g/mol. The van der Waals surface area contributed by atoms with Gasteiger partial charge in [0, 0.05) is 23.8 Å². The van der Waals surface area contributed by atoms with Gasteiger partial charge in [-0.05, 0) is 55.2 Å². The molecule has 6 heteroatoms. The molecule has 0 spiro atoms. The molecule has 0 radical (unpaired) electrons. The third-order valence-electron chi connectivity index (χ3n) is 7.64. The largest absolute Gasteiger partial charge is 0.497 e. The fraction of sp³-hybridized carbons (Fsp3) is 0.389. The Hall–Kier alpha value is -3.35. The molecule has 1 heterocycles. The topological polar surface area (TPSA) is 57.5 Å². The number of unbranched alkanes of at least 4 members (excludes halogenated alkanes) is 10. The second-order valence-corrected chi connectivity index (χ2v) is 12.7. The number of nitrogens with zero attached hydrogens (tertiary/aromatic N) is 1. The molecule has 0 aliphatic carbocycles. The number of para-hydroxylation sites is 1. The molecule has 0 aliphatic rings. The van der Waals surface area contributed by atoms with Gasteiger partial charge in [0.2, 0.25) is 0 Å². The number of ether oxygens (including phenoxy) is 2. The number of benzene rings is 3. The molecule has 0 atom stereocenters. The molecule has 0 fully saturated rings. The Morgan fingerprint density at radius 3 is 2.02 bits per heavy atom. The van der Waals surface area contributed by atoms with Gasteiger partial charge in [-0.3, -0.25) is 0 Å². The SMILES string of the molecule is COc1ccc(S(=O)(=O)n2cc(/C=C/CCCCCCCCCCCCOCc3ccccc3)c3ccccc32)cc1. The molecule has 3 aromatic carbocycles. The average molecular weight is 588 g/mol. The van der Waals surface area contributed by atoms with Crippen molar-refractivity contribution in [3.8, 4) is 5.75 Å². The minimum atomic E-state index is -3.72. The van der Waals surface area contributed by atoms with Gasteiger partial charge < -0.3 is 9.47 Å². The normalized spacial score (nSPS) is 11.9. The fourth-order valence-corrected chi connectivity index (χ4v) is 6.60. The lowest BCUT2D eigenvalue weighted by Crippen LogP contribution is -2.11. The first kappa shape index (κ1) is 31.6. The summed E-state index contributed by atoms with van der Waals surface area (Å²) < 4.78 is 39.2. The Morgan fingerprint density at radius 2 is 1.33 bits per heavy atom. The van der Waals surface area contributed by atoms with E-state index in [1.54, 1.807) is 37.6 Å². The van der Waals surface area contributed by atoms with Gasteiger partial charge >= 0.3 is 0 Å². The summed E-state index contributed by atoms with van der Waals surface area (Å²) in [5, 5.41) is 0.936. The summed E-state index contributed by atoms with van der Waals surface area (Å²) in [7, 11) is -2.15. The van der Waals surface area contributed by atoms with Crippen LogP contribution in [0.3, 0.4) is 0 Å². The lowest BCUT2D eigenvalue weighted by Gasteiger charge is -2.08. The van der Waals surface area contributed by atoms with Crippen LogP contribution in [0.4, 0.5) is 0 Å². The van der Waals surface area contributed by atoms with Crippen molar-refractivity contribution < 1.29 is 17.9 Å². The van der Waals surface area contributed by atoms with E-state index in [0.717, 1.165) is 43.4 Å². The molecule has 0 saturated heterocycles. The standard InChI is InChI=1S/C36H45NO4S/c1-40-33-24-26-34(27-25-33)42(38,39)37-29-32(35-22-16-17-23-36(35)37)21-15-10-8-6-4-2-3-5-7-9-11-18-28-41-30-31-19-13-12-14-20-31/h12-17,19-27,29H,2-11,18,28,30H2,1H3/b21-15+. The third-order valence-corrected chi connectivity index (χ3v) is 9.33. The molecule has 0 unspecified atom stereocenters. The van der Waals surface area contributed by atoms with Crippen LogP contribution in [-0.4, -0.2) is 26.1 Å². The number of allylic oxidation sites excluding steroid dienone is 1. The van der Waals surface area contributed by atoms with Crippen molar-refractivity contribution in [2.45, 2.75) is 82.1 Å². The minimum Gasteiger partial charge on any atom is -0.497 e. The Bertz CT molecular complexity index is 1470. The van der Waals surface area contributed by atoms with Crippen molar-refractivity contribution in [3.63, 3.8) is 0 Å². The number of methoxy groups -OCH3 is 1. The van der Waals surface area contributed by atoms with Gasteiger partial charge in [-0.1, -0.05) is 112 Å². The predicted octanol–water partition coefficient (Wildman–Crippen LogP) is 9.41. The first-order chi connectivity index (χ1) is 20.6. The van der Waals surface area contributed by atoms with Crippen LogP contribution in [0, 0.1) is 0 Å². The number of hydrogen-bond acceptors (Lipinski definition) is 4. The first-order valence-electron chi connectivity index (χ1n) is 15.4. The minimum absolute atomic E-state index is 0.240. The van der Waals surface area contributed by atoms with Gasteiger partial charge in [0.25, 0.3) is 10.0 Å². The van der Waals surface area contributed by atoms with Gasteiger partial charge in [-0.25, -0.2) is 12.4 Å². The van der Waals surface area contributed by atoms with Crippen LogP contribution in [0.15, 0.2) is 96.0 Å². The maximum absolute atomic E-state index is 13.4. The number of aromatic nitrogens is 1. The van der Waals surface area contributed by atoms with Crippen molar-refractivity contribution in [3.05, 3.63) is 102 Å². The van der Waals surface area contributed by atoms with Gasteiger partial charge in [0.05, 0.1) is 24.1 Å². The molecule has 4 aromatic rings. The number of hydrogen-bond donors (Lipinski definition) is 0. The van der Waals surface area contributed by atoms with Crippen molar-refractivity contribution in [1.82, 2.24) is 3.97 Å². The average Bonchev–Trinajstić information content (AvgIpc) is 3.41. The summed E-state index contributed by atoms with van der Waals surface area (Å²) >= 11 is 0. The highest BCUT2D eigenvalue weighted by Gasteiger charge is 2.20. The molecule has 1 aromatic heterocycles. The molecule has 0 bridgehead atoms. The van der Waals surface area contributed by atoms with Gasteiger partial charge in [0.15, 0.2) is 0 Å². The number of fused-ring (bicyclic) bond motifs is 1. The molecular formula is C36H45NO4S. The maximum Gasteiger partial charge on any atom is 0.268 e. The Kier molecular flexibility index (Phi) is 12.7. The van der Waals surface area contributed by atoms with Gasteiger partial charge in [-0.15, -0.1) is 0 Å². The van der Waals surface area contributed by atoms with Crippen molar-refractivity contribution in [2.75, 3.05) is 13.7 Å². The lowest BCUT2D eigenvalue weighted by atomic mass is 10.1. The van der Waals surface area contributed by atoms with Crippen LogP contribution in [0.25, 0.3) is 17.0 Å². The highest BCUT2D eigenvalue weighted by Crippen LogP contribution is 2.28. The quantitative estimate of drug-likeness (QED) is 0.103. The summed E-state index contributed by atoms with van der Waals surface area (Å²) in [4.78, 5) is 0.240. The van der Waals surface area contributed by atoms with E-state index in [-0.39, 0.29) is 4.90 Å². The van der Waals surface area contributed by atoms with Crippen LogP contribution in [0.2, 0.25) is 0 Å². The fourth-order valence-electron chi connectivity index (χ4n) is 5.22. The van der Waals surface area contributed by atoms with E-state index in [9.17, 15) is 8.42 Å². The zero-order valence-electron chi connectivity index (χ0n) is 24.9.